The van der Waals surface area contributed by atoms with E-state index in [-0.39, 0.29) is 0 Å². The van der Waals surface area contributed by atoms with E-state index in [0.717, 1.165) is 26.1 Å². The topological polar surface area (TPSA) is 15.3 Å². The minimum atomic E-state index is 0.583. The Kier molecular flexibility index (Phi) is 7.76. The molecule has 0 heterocycles. The summed E-state index contributed by atoms with van der Waals surface area (Å²) >= 11 is 0. The first-order valence-corrected chi connectivity index (χ1v) is 7.61. The molecule has 0 radical (unpaired) electrons. The van der Waals surface area contributed by atoms with Crippen molar-refractivity contribution in [2.75, 3.05) is 26.7 Å². The Labute approximate surface area is 119 Å². The van der Waals surface area contributed by atoms with Crippen molar-refractivity contribution in [3.63, 3.8) is 0 Å². The molecule has 0 fully saturated rings. The second-order valence-electron chi connectivity index (χ2n) is 5.73. The minimum absolute atomic E-state index is 0.583. The molecule has 2 heteroatoms. The fourth-order valence-electron chi connectivity index (χ4n) is 2.14. The fraction of sp³-hybridized carbons (Fsp3) is 0.647. The lowest BCUT2D eigenvalue weighted by atomic mass is 10.1. The number of benzene rings is 1. The maximum absolute atomic E-state index is 3.45. The zero-order valence-electron chi connectivity index (χ0n) is 13.1. The molecule has 1 aromatic rings. The SMILES string of the molecule is CCCc1ccc(CCN(C)CCNC(C)C)cc1. The van der Waals surface area contributed by atoms with Gasteiger partial charge in [-0.25, -0.2) is 0 Å². The van der Waals surface area contributed by atoms with Gasteiger partial charge in [-0.2, -0.15) is 0 Å². The highest BCUT2D eigenvalue weighted by Crippen LogP contribution is 2.07. The monoisotopic (exact) mass is 262 g/mol. The standard InChI is InChI=1S/C17H30N2/c1-5-6-16-7-9-17(10-8-16)11-13-19(4)14-12-18-15(2)3/h7-10,15,18H,5-6,11-14H2,1-4H3. The van der Waals surface area contributed by atoms with E-state index in [1.54, 1.807) is 0 Å². The number of hydrogen-bond acceptors (Lipinski definition) is 2. The summed E-state index contributed by atoms with van der Waals surface area (Å²) in [4.78, 5) is 2.40. The largest absolute Gasteiger partial charge is 0.313 e. The van der Waals surface area contributed by atoms with Crippen LogP contribution in [0.3, 0.4) is 0 Å². The van der Waals surface area contributed by atoms with Crippen LogP contribution in [-0.2, 0) is 12.8 Å². The summed E-state index contributed by atoms with van der Waals surface area (Å²) in [5, 5.41) is 3.45. The second-order valence-corrected chi connectivity index (χ2v) is 5.73. The molecule has 0 aromatic heterocycles. The van der Waals surface area contributed by atoms with Crippen molar-refractivity contribution in [3.8, 4) is 0 Å². The zero-order valence-corrected chi connectivity index (χ0v) is 13.1. The smallest absolute Gasteiger partial charge is 0.0104 e. The summed E-state index contributed by atoms with van der Waals surface area (Å²) in [6.45, 7) is 9.94. The van der Waals surface area contributed by atoms with Gasteiger partial charge in [0, 0.05) is 25.7 Å². The molecule has 0 saturated carbocycles. The van der Waals surface area contributed by atoms with Crippen LogP contribution < -0.4 is 5.32 Å². The quantitative estimate of drug-likeness (QED) is 0.735. The molecule has 0 unspecified atom stereocenters. The van der Waals surface area contributed by atoms with Crippen LogP contribution in [0.15, 0.2) is 24.3 Å². The van der Waals surface area contributed by atoms with Crippen LogP contribution in [0.4, 0.5) is 0 Å². The molecule has 19 heavy (non-hydrogen) atoms. The molecule has 2 nitrogen and oxygen atoms in total. The molecule has 0 aliphatic carbocycles. The van der Waals surface area contributed by atoms with Crippen LogP contribution in [0.5, 0.6) is 0 Å². The molecule has 108 valence electrons. The molecule has 0 atom stereocenters. The number of hydrogen-bond donors (Lipinski definition) is 1. The van der Waals surface area contributed by atoms with Crippen LogP contribution in [0.2, 0.25) is 0 Å². The molecule has 0 aliphatic rings. The van der Waals surface area contributed by atoms with Crippen LogP contribution in [0.25, 0.3) is 0 Å². The normalized spacial score (nSPS) is 11.5. The third-order valence-corrected chi connectivity index (χ3v) is 3.39. The van der Waals surface area contributed by atoms with Gasteiger partial charge in [-0.1, -0.05) is 51.5 Å². The van der Waals surface area contributed by atoms with Crippen molar-refractivity contribution in [1.82, 2.24) is 10.2 Å². The zero-order chi connectivity index (χ0) is 14.1. The summed E-state index contributed by atoms with van der Waals surface area (Å²) in [6.07, 6.45) is 3.57. The average Bonchev–Trinajstić information content (AvgIpc) is 2.38. The predicted octanol–water partition coefficient (Wildman–Crippen LogP) is 3.11. The molecule has 0 bridgehead atoms. The average molecular weight is 262 g/mol. The van der Waals surface area contributed by atoms with E-state index in [2.05, 4.69) is 62.3 Å². The van der Waals surface area contributed by atoms with Crippen molar-refractivity contribution in [2.24, 2.45) is 0 Å². The van der Waals surface area contributed by atoms with Crippen molar-refractivity contribution in [1.29, 1.82) is 0 Å². The highest BCUT2D eigenvalue weighted by Gasteiger charge is 2.00. The van der Waals surface area contributed by atoms with E-state index in [1.165, 1.54) is 24.0 Å². The molecule has 1 N–H and O–H groups in total. The number of nitrogens with zero attached hydrogens (tertiary/aromatic N) is 1. The van der Waals surface area contributed by atoms with Crippen LogP contribution >= 0.6 is 0 Å². The van der Waals surface area contributed by atoms with Gasteiger partial charge in [0.1, 0.15) is 0 Å². The summed E-state index contributed by atoms with van der Waals surface area (Å²) in [6, 6.07) is 9.70. The lowest BCUT2D eigenvalue weighted by molar-refractivity contribution is 0.331. The maximum Gasteiger partial charge on any atom is 0.0104 e. The van der Waals surface area contributed by atoms with Gasteiger partial charge >= 0.3 is 0 Å². The first kappa shape index (κ1) is 16.2. The first-order chi connectivity index (χ1) is 9.11. The molecule has 1 rings (SSSR count). The first-order valence-electron chi connectivity index (χ1n) is 7.61. The number of aryl methyl sites for hydroxylation is 1. The second kappa shape index (κ2) is 9.11. The molecule has 0 aliphatic heterocycles. The van der Waals surface area contributed by atoms with Gasteiger partial charge in [-0.15, -0.1) is 0 Å². The summed E-state index contributed by atoms with van der Waals surface area (Å²) in [5.41, 5.74) is 2.91. The molecule has 1 aromatic carbocycles. The highest BCUT2D eigenvalue weighted by atomic mass is 15.1. The maximum atomic E-state index is 3.45. The molecule has 0 saturated heterocycles. The number of likely N-dealkylation sites (N-methyl/N-ethyl adjacent to an activating group) is 1. The van der Waals surface area contributed by atoms with Gasteiger partial charge < -0.3 is 10.2 Å². The van der Waals surface area contributed by atoms with E-state index in [1.807, 2.05) is 0 Å². The lowest BCUT2D eigenvalue weighted by Gasteiger charge is -2.18. The third kappa shape index (κ3) is 7.34. The van der Waals surface area contributed by atoms with E-state index >= 15 is 0 Å². The Hall–Kier alpha value is -0.860. The molecular formula is C17H30N2. The Morgan fingerprint density at radius 2 is 1.58 bits per heavy atom. The summed E-state index contributed by atoms with van der Waals surface area (Å²) < 4.78 is 0. The van der Waals surface area contributed by atoms with E-state index < -0.39 is 0 Å². The van der Waals surface area contributed by atoms with E-state index in [4.69, 9.17) is 0 Å². The van der Waals surface area contributed by atoms with E-state index in [9.17, 15) is 0 Å². The van der Waals surface area contributed by atoms with Crippen LogP contribution in [0.1, 0.15) is 38.3 Å². The minimum Gasteiger partial charge on any atom is -0.313 e. The van der Waals surface area contributed by atoms with Gasteiger partial charge in [-0.05, 0) is 31.0 Å². The molecular weight excluding hydrogens is 232 g/mol. The van der Waals surface area contributed by atoms with Gasteiger partial charge in [-0.3, -0.25) is 0 Å². The van der Waals surface area contributed by atoms with E-state index in [0.29, 0.717) is 6.04 Å². The van der Waals surface area contributed by atoms with Crippen molar-refractivity contribution in [3.05, 3.63) is 35.4 Å². The Bertz CT molecular complexity index is 330. The van der Waals surface area contributed by atoms with Gasteiger partial charge in [0.2, 0.25) is 0 Å². The number of rotatable bonds is 9. The fourth-order valence-corrected chi connectivity index (χ4v) is 2.14. The van der Waals surface area contributed by atoms with Gasteiger partial charge in [0.15, 0.2) is 0 Å². The highest BCUT2D eigenvalue weighted by molar-refractivity contribution is 5.22. The Morgan fingerprint density at radius 3 is 2.11 bits per heavy atom. The van der Waals surface area contributed by atoms with Crippen LogP contribution in [-0.4, -0.2) is 37.6 Å². The summed E-state index contributed by atoms with van der Waals surface area (Å²) in [7, 11) is 2.20. The molecule has 0 amide bonds. The van der Waals surface area contributed by atoms with Crippen LogP contribution in [0, 0.1) is 0 Å². The Morgan fingerprint density at radius 1 is 1.00 bits per heavy atom. The van der Waals surface area contributed by atoms with Crippen molar-refractivity contribution < 1.29 is 0 Å². The number of nitrogens with one attached hydrogen (secondary N) is 1. The summed E-state index contributed by atoms with van der Waals surface area (Å²) in [5.74, 6) is 0. The molecule has 0 spiro atoms. The Balaban J connectivity index is 2.23. The van der Waals surface area contributed by atoms with Crippen molar-refractivity contribution >= 4 is 0 Å². The third-order valence-electron chi connectivity index (χ3n) is 3.39. The van der Waals surface area contributed by atoms with Gasteiger partial charge in [0.05, 0.1) is 0 Å². The van der Waals surface area contributed by atoms with Crippen molar-refractivity contribution in [2.45, 2.75) is 46.1 Å². The predicted molar refractivity (Wildman–Crippen MR) is 84.8 cm³/mol. The lowest BCUT2D eigenvalue weighted by Crippen LogP contribution is -2.33. The van der Waals surface area contributed by atoms with Gasteiger partial charge in [0.25, 0.3) is 0 Å².